The van der Waals surface area contributed by atoms with Crippen LogP contribution in [0.5, 0.6) is 0 Å². The van der Waals surface area contributed by atoms with Gasteiger partial charge < -0.3 is 10.4 Å². The molecule has 0 unspecified atom stereocenters. The summed E-state index contributed by atoms with van der Waals surface area (Å²) in [6.07, 6.45) is 4.64. The van der Waals surface area contributed by atoms with Crippen molar-refractivity contribution in [3.05, 3.63) is 24.3 Å². The van der Waals surface area contributed by atoms with Crippen LogP contribution in [0.1, 0.15) is 39.0 Å². The van der Waals surface area contributed by atoms with Gasteiger partial charge in [-0.25, -0.2) is 13.1 Å². The molecule has 1 saturated carbocycles. The quantitative estimate of drug-likeness (QED) is 0.736. The molecule has 1 aliphatic rings. The number of carbonyl (C=O) groups excluding carboxylic acids is 1. The molecule has 1 aromatic rings. The summed E-state index contributed by atoms with van der Waals surface area (Å²) in [4.78, 5) is 11.1. The van der Waals surface area contributed by atoms with Crippen LogP contribution >= 0.6 is 0 Å². The maximum atomic E-state index is 12.2. The Hall–Kier alpha value is -1.44. The first kappa shape index (κ1) is 17.9. The van der Waals surface area contributed by atoms with Crippen molar-refractivity contribution < 1.29 is 18.3 Å². The highest BCUT2D eigenvalue weighted by atomic mass is 32.2. The Balaban J connectivity index is 1.94. The van der Waals surface area contributed by atoms with Crippen molar-refractivity contribution in [1.29, 1.82) is 0 Å². The van der Waals surface area contributed by atoms with Crippen LogP contribution in [0.25, 0.3) is 0 Å². The lowest BCUT2D eigenvalue weighted by Crippen LogP contribution is -2.37. The van der Waals surface area contributed by atoms with Gasteiger partial charge in [0.2, 0.25) is 15.9 Å². The van der Waals surface area contributed by atoms with Crippen molar-refractivity contribution in [2.75, 3.05) is 11.9 Å². The Morgan fingerprint density at radius 3 is 2.39 bits per heavy atom. The van der Waals surface area contributed by atoms with Crippen LogP contribution < -0.4 is 10.0 Å². The van der Waals surface area contributed by atoms with E-state index < -0.39 is 16.1 Å². The Morgan fingerprint density at radius 1 is 1.22 bits per heavy atom. The van der Waals surface area contributed by atoms with Gasteiger partial charge in [0.15, 0.2) is 0 Å². The molecule has 1 fully saturated rings. The van der Waals surface area contributed by atoms with E-state index in [0.717, 1.165) is 25.7 Å². The Labute approximate surface area is 137 Å². The molecule has 1 atom stereocenters. The summed E-state index contributed by atoms with van der Waals surface area (Å²) in [5.74, 6) is -0.0390. The van der Waals surface area contributed by atoms with Gasteiger partial charge >= 0.3 is 0 Å². The van der Waals surface area contributed by atoms with Crippen LogP contribution in [0.3, 0.4) is 0 Å². The third-order valence-corrected chi connectivity index (χ3v) is 5.60. The second-order valence-electron chi connectivity index (χ2n) is 6.02. The van der Waals surface area contributed by atoms with Gasteiger partial charge in [0, 0.05) is 19.2 Å². The summed E-state index contributed by atoms with van der Waals surface area (Å²) >= 11 is 0. The van der Waals surface area contributed by atoms with Gasteiger partial charge in [-0.3, -0.25) is 4.79 Å². The fourth-order valence-electron chi connectivity index (χ4n) is 2.88. The number of hydrogen-bond acceptors (Lipinski definition) is 4. The van der Waals surface area contributed by atoms with Crippen molar-refractivity contribution in [3.8, 4) is 0 Å². The highest BCUT2D eigenvalue weighted by Crippen LogP contribution is 2.26. The van der Waals surface area contributed by atoms with Crippen LogP contribution in [-0.4, -0.2) is 32.1 Å². The number of rotatable bonds is 6. The summed E-state index contributed by atoms with van der Waals surface area (Å²) in [6.45, 7) is 1.42. The van der Waals surface area contributed by atoms with E-state index in [1.165, 1.54) is 37.6 Å². The average molecular weight is 340 g/mol. The lowest BCUT2D eigenvalue weighted by atomic mass is 9.85. The summed E-state index contributed by atoms with van der Waals surface area (Å²) in [5.41, 5.74) is 0.540. The highest BCUT2D eigenvalue weighted by molar-refractivity contribution is 7.89. The first-order chi connectivity index (χ1) is 10.9. The minimum absolute atomic E-state index is 0.0282. The first-order valence-corrected chi connectivity index (χ1v) is 9.42. The van der Waals surface area contributed by atoms with Gasteiger partial charge in [0.05, 0.1) is 11.0 Å². The zero-order valence-electron chi connectivity index (χ0n) is 13.3. The molecular formula is C16H24N2O4S. The summed E-state index contributed by atoms with van der Waals surface area (Å²) in [7, 11) is -3.66. The van der Waals surface area contributed by atoms with E-state index >= 15 is 0 Å². The van der Waals surface area contributed by atoms with Crippen LogP contribution in [0.4, 0.5) is 5.69 Å². The van der Waals surface area contributed by atoms with Crippen LogP contribution in [0.2, 0.25) is 0 Å². The third-order valence-electron chi connectivity index (χ3n) is 4.16. The van der Waals surface area contributed by atoms with E-state index in [1.54, 1.807) is 0 Å². The molecule has 3 N–H and O–H groups in total. The molecule has 1 aliphatic carbocycles. The molecule has 0 saturated heterocycles. The molecule has 1 amide bonds. The molecule has 6 nitrogen and oxygen atoms in total. The van der Waals surface area contributed by atoms with Gasteiger partial charge in [-0.2, -0.15) is 0 Å². The predicted octanol–water partition coefficient (Wildman–Crippen LogP) is 1.86. The summed E-state index contributed by atoms with van der Waals surface area (Å²) < 4.78 is 27.0. The van der Waals surface area contributed by atoms with E-state index in [9.17, 15) is 18.3 Å². The van der Waals surface area contributed by atoms with Gasteiger partial charge in [-0.1, -0.05) is 19.3 Å². The van der Waals surface area contributed by atoms with Gasteiger partial charge in [0.1, 0.15) is 0 Å². The minimum atomic E-state index is -3.66. The predicted molar refractivity (Wildman–Crippen MR) is 88.5 cm³/mol. The SMILES string of the molecule is CC(=O)Nc1ccc(S(=O)(=O)NC[C@@H](O)C2CCCCC2)cc1. The third kappa shape index (κ3) is 5.30. The van der Waals surface area contributed by atoms with Crippen LogP contribution in [-0.2, 0) is 14.8 Å². The van der Waals surface area contributed by atoms with E-state index in [0.29, 0.717) is 5.69 Å². The number of anilines is 1. The lowest BCUT2D eigenvalue weighted by molar-refractivity contribution is -0.114. The van der Waals surface area contributed by atoms with Gasteiger partial charge in [0.25, 0.3) is 0 Å². The monoisotopic (exact) mass is 340 g/mol. The van der Waals surface area contributed by atoms with Crippen LogP contribution in [0.15, 0.2) is 29.2 Å². The number of amides is 1. The second kappa shape index (κ2) is 7.90. The minimum Gasteiger partial charge on any atom is -0.391 e. The molecule has 23 heavy (non-hydrogen) atoms. The first-order valence-electron chi connectivity index (χ1n) is 7.94. The molecule has 128 valence electrons. The maximum absolute atomic E-state index is 12.2. The molecule has 0 radical (unpaired) electrons. The molecule has 0 aromatic heterocycles. The Morgan fingerprint density at radius 2 is 1.83 bits per heavy atom. The molecule has 2 rings (SSSR count). The zero-order valence-corrected chi connectivity index (χ0v) is 14.1. The number of hydrogen-bond donors (Lipinski definition) is 3. The fraction of sp³-hybridized carbons (Fsp3) is 0.562. The number of benzene rings is 1. The summed E-state index contributed by atoms with van der Waals surface area (Å²) in [5, 5.41) is 12.7. The molecule has 1 aromatic carbocycles. The molecule has 7 heteroatoms. The zero-order chi connectivity index (χ0) is 16.9. The standard InChI is InChI=1S/C16H24N2O4S/c1-12(19)18-14-7-9-15(10-8-14)23(21,22)17-11-16(20)13-5-3-2-4-6-13/h7-10,13,16-17,20H,2-6,11H2,1H3,(H,18,19)/t16-/m1/s1. The van der Waals surface area contributed by atoms with Crippen molar-refractivity contribution in [1.82, 2.24) is 4.72 Å². The van der Waals surface area contributed by atoms with E-state index in [2.05, 4.69) is 10.0 Å². The second-order valence-corrected chi connectivity index (χ2v) is 7.79. The van der Waals surface area contributed by atoms with Gasteiger partial charge in [-0.15, -0.1) is 0 Å². The van der Waals surface area contributed by atoms with Gasteiger partial charge in [-0.05, 0) is 43.0 Å². The normalized spacial score (nSPS) is 17.7. The fourth-order valence-corrected chi connectivity index (χ4v) is 3.94. The van der Waals surface area contributed by atoms with E-state index in [4.69, 9.17) is 0 Å². The molecular weight excluding hydrogens is 316 g/mol. The Kier molecular flexibility index (Phi) is 6.15. The number of sulfonamides is 1. The number of carbonyl (C=O) groups is 1. The maximum Gasteiger partial charge on any atom is 0.240 e. The highest BCUT2D eigenvalue weighted by Gasteiger charge is 2.23. The molecule has 0 bridgehead atoms. The number of aliphatic hydroxyl groups is 1. The Bertz CT molecular complexity index is 622. The molecule has 0 heterocycles. The van der Waals surface area contributed by atoms with E-state index in [-0.39, 0.29) is 23.3 Å². The molecule has 0 spiro atoms. The van der Waals surface area contributed by atoms with Crippen LogP contribution in [0, 0.1) is 5.92 Å². The van der Waals surface area contributed by atoms with Crippen molar-refractivity contribution in [2.45, 2.75) is 50.0 Å². The number of nitrogens with one attached hydrogen (secondary N) is 2. The molecule has 0 aliphatic heterocycles. The van der Waals surface area contributed by atoms with Crippen molar-refractivity contribution >= 4 is 21.6 Å². The van der Waals surface area contributed by atoms with Crippen molar-refractivity contribution in [2.24, 2.45) is 5.92 Å². The lowest BCUT2D eigenvalue weighted by Gasteiger charge is -2.26. The largest absolute Gasteiger partial charge is 0.391 e. The summed E-state index contributed by atoms with van der Waals surface area (Å²) in [6, 6.07) is 5.93. The van der Waals surface area contributed by atoms with Crippen molar-refractivity contribution in [3.63, 3.8) is 0 Å². The van der Waals surface area contributed by atoms with E-state index in [1.807, 2.05) is 0 Å². The number of aliphatic hydroxyl groups excluding tert-OH is 1. The average Bonchev–Trinajstić information content (AvgIpc) is 2.53. The smallest absolute Gasteiger partial charge is 0.240 e. The topological polar surface area (TPSA) is 95.5 Å².